The van der Waals surface area contributed by atoms with Gasteiger partial charge in [-0.1, -0.05) is 0 Å². The van der Waals surface area contributed by atoms with Gasteiger partial charge in [0, 0.05) is 35.0 Å². The maximum Gasteiger partial charge on any atom is 0.185 e. The van der Waals surface area contributed by atoms with Crippen molar-refractivity contribution in [3.8, 4) is 0 Å². The third-order valence-electron chi connectivity index (χ3n) is 4.43. The third kappa shape index (κ3) is 3.57. The van der Waals surface area contributed by atoms with E-state index in [0.717, 1.165) is 47.8 Å². The van der Waals surface area contributed by atoms with E-state index in [1.165, 1.54) is 0 Å². The molecule has 0 saturated carbocycles. The van der Waals surface area contributed by atoms with Crippen LogP contribution in [0.1, 0.15) is 16.1 Å². The van der Waals surface area contributed by atoms with Crippen LogP contribution in [0.15, 0.2) is 59.3 Å². The molecule has 4 rings (SSSR count). The number of aromatic nitrogens is 2. The Kier molecular flexibility index (Phi) is 4.86. The number of allylic oxidation sites excluding steroid dienone is 1. The van der Waals surface area contributed by atoms with Gasteiger partial charge in [0.1, 0.15) is 5.65 Å². The van der Waals surface area contributed by atoms with Crippen molar-refractivity contribution in [2.24, 2.45) is 0 Å². The van der Waals surface area contributed by atoms with E-state index in [4.69, 9.17) is 4.74 Å². The van der Waals surface area contributed by atoms with Gasteiger partial charge in [-0.3, -0.25) is 9.20 Å². The molecule has 5 nitrogen and oxygen atoms in total. The zero-order chi connectivity index (χ0) is 17.9. The summed E-state index contributed by atoms with van der Waals surface area (Å²) in [5, 5.41) is 0. The lowest BCUT2D eigenvalue weighted by Gasteiger charge is -2.28. The van der Waals surface area contributed by atoms with E-state index in [1.807, 2.05) is 47.0 Å². The predicted octanol–water partition coefficient (Wildman–Crippen LogP) is 3.83. The molecule has 0 atom stereocenters. The summed E-state index contributed by atoms with van der Waals surface area (Å²) in [5.74, 6) is -0.0246. The Bertz CT molecular complexity index is 957. The molecule has 0 aliphatic carbocycles. The maximum atomic E-state index is 12.5. The summed E-state index contributed by atoms with van der Waals surface area (Å²) in [7, 11) is 0. The van der Waals surface area contributed by atoms with Crippen LogP contribution in [0.2, 0.25) is 0 Å². The monoisotopic (exact) mass is 411 g/mol. The van der Waals surface area contributed by atoms with Gasteiger partial charge >= 0.3 is 0 Å². The molecule has 0 bridgehead atoms. The molecule has 0 N–H and O–H groups in total. The molecule has 0 radical (unpaired) electrons. The van der Waals surface area contributed by atoms with Crippen LogP contribution in [-0.4, -0.2) is 41.5 Å². The molecular weight excluding hydrogens is 394 g/mol. The topological polar surface area (TPSA) is 46.8 Å². The second-order valence-electron chi connectivity index (χ2n) is 6.10. The van der Waals surface area contributed by atoms with Crippen molar-refractivity contribution in [2.45, 2.75) is 0 Å². The standard InChI is InChI=1S/C20H18BrN3O2/c21-16-3-8-20-22-13-18(24(20)14-16)6-7-19(25)15-1-4-17(5-2-15)23-9-11-26-12-10-23/h1-8,13-14H,9-12H2. The maximum absolute atomic E-state index is 12.5. The number of nitrogens with zero attached hydrogens (tertiary/aromatic N) is 3. The SMILES string of the molecule is O=C(C=Cc1cnc2ccc(Br)cn12)c1ccc(N2CCOCC2)cc1. The lowest BCUT2D eigenvalue weighted by atomic mass is 10.1. The number of hydrogen-bond donors (Lipinski definition) is 0. The zero-order valence-electron chi connectivity index (χ0n) is 14.1. The fourth-order valence-corrected chi connectivity index (χ4v) is 3.35. The minimum Gasteiger partial charge on any atom is -0.378 e. The number of anilines is 1. The molecular formula is C20H18BrN3O2. The number of benzene rings is 1. The van der Waals surface area contributed by atoms with Gasteiger partial charge in [-0.2, -0.15) is 0 Å². The fourth-order valence-electron chi connectivity index (χ4n) is 3.01. The number of halogens is 1. The van der Waals surface area contributed by atoms with Crippen LogP contribution in [0.4, 0.5) is 5.69 Å². The van der Waals surface area contributed by atoms with Crippen molar-refractivity contribution in [2.75, 3.05) is 31.2 Å². The van der Waals surface area contributed by atoms with Gasteiger partial charge in [0.2, 0.25) is 0 Å². The summed E-state index contributed by atoms with van der Waals surface area (Å²) in [5.41, 5.74) is 3.50. The Labute approximate surface area is 160 Å². The van der Waals surface area contributed by atoms with Gasteiger partial charge in [0.05, 0.1) is 25.1 Å². The average Bonchev–Trinajstić information content (AvgIpc) is 3.09. The molecule has 3 heterocycles. The van der Waals surface area contributed by atoms with Crippen LogP contribution in [-0.2, 0) is 4.74 Å². The molecule has 1 aliphatic heterocycles. The van der Waals surface area contributed by atoms with Crippen LogP contribution in [0.3, 0.4) is 0 Å². The summed E-state index contributed by atoms with van der Waals surface area (Å²) >= 11 is 3.46. The Morgan fingerprint density at radius 2 is 1.88 bits per heavy atom. The first kappa shape index (κ1) is 17.0. The van der Waals surface area contributed by atoms with Gasteiger partial charge in [-0.15, -0.1) is 0 Å². The Balaban J connectivity index is 1.50. The molecule has 132 valence electrons. The summed E-state index contributed by atoms with van der Waals surface area (Å²) in [6, 6.07) is 11.6. The molecule has 1 saturated heterocycles. The highest BCUT2D eigenvalue weighted by Crippen LogP contribution is 2.18. The fraction of sp³-hybridized carbons (Fsp3) is 0.200. The van der Waals surface area contributed by atoms with Gasteiger partial charge in [-0.05, 0) is 64.5 Å². The molecule has 2 aromatic heterocycles. The number of fused-ring (bicyclic) bond motifs is 1. The Hall–Kier alpha value is -2.44. The van der Waals surface area contributed by atoms with Crippen LogP contribution >= 0.6 is 15.9 Å². The largest absolute Gasteiger partial charge is 0.378 e. The Morgan fingerprint density at radius 3 is 2.65 bits per heavy atom. The van der Waals surface area contributed by atoms with E-state index in [2.05, 4.69) is 25.8 Å². The van der Waals surface area contributed by atoms with Crippen molar-refractivity contribution in [1.82, 2.24) is 9.38 Å². The molecule has 6 heteroatoms. The van der Waals surface area contributed by atoms with Crippen molar-refractivity contribution >= 4 is 39.1 Å². The van der Waals surface area contributed by atoms with E-state index < -0.39 is 0 Å². The molecule has 1 fully saturated rings. The highest BCUT2D eigenvalue weighted by atomic mass is 79.9. The first-order valence-electron chi connectivity index (χ1n) is 8.48. The van der Waals surface area contributed by atoms with Crippen molar-refractivity contribution in [1.29, 1.82) is 0 Å². The lowest BCUT2D eigenvalue weighted by Crippen LogP contribution is -2.36. The minimum absolute atomic E-state index is 0.0246. The smallest absolute Gasteiger partial charge is 0.185 e. The van der Waals surface area contributed by atoms with E-state index >= 15 is 0 Å². The second kappa shape index (κ2) is 7.43. The molecule has 0 unspecified atom stereocenters. The van der Waals surface area contributed by atoms with Crippen LogP contribution in [0.5, 0.6) is 0 Å². The summed E-state index contributed by atoms with van der Waals surface area (Å²) in [6.07, 6.45) is 7.08. The number of ether oxygens (including phenoxy) is 1. The zero-order valence-corrected chi connectivity index (χ0v) is 15.7. The van der Waals surface area contributed by atoms with E-state index in [9.17, 15) is 4.79 Å². The van der Waals surface area contributed by atoms with Crippen molar-refractivity contribution < 1.29 is 9.53 Å². The van der Waals surface area contributed by atoms with Crippen LogP contribution in [0, 0.1) is 0 Å². The van der Waals surface area contributed by atoms with Crippen molar-refractivity contribution in [3.05, 3.63) is 70.6 Å². The number of ketones is 1. The first-order valence-corrected chi connectivity index (χ1v) is 9.28. The number of carbonyl (C=O) groups is 1. The highest BCUT2D eigenvalue weighted by molar-refractivity contribution is 9.10. The molecule has 1 aromatic carbocycles. The molecule has 0 amide bonds. The van der Waals surface area contributed by atoms with E-state index in [1.54, 1.807) is 18.3 Å². The Morgan fingerprint density at radius 1 is 1.12 bits per heavy atom. The van der Waals surface area contributed by atoms with Gasteiger partial charge < -0.3 is 9.64 Å². The quantitative estimate of drug-likeness (QED) is 0.483. The first-order chi connectivity index (χ1) is 12.7. The lowest BCUT2D eigenvalue weighted by molar-refractivity contribution is 0.104. The number of hydrogen-bond acceptors (Lipinski definition) is 4. The third-order valence-corrected chi connectivity index (χ3v) is 4.90. The second-order valence-corrected chi connectivity index (χ2v) is 7.02. The number of rotatable bonds is 4. The molecule has 0 spiro atoms. The van der Waals surface area contributed by atoms with Gasteiger partial charge in [0.15, 0.2) is 5.78 Å². The summed E-state index contributed by atoms with van der Waals surface area (Å²) in [4.78, 5) is 19.1. The predicted molar refractivity (Wildman–Crippen MR) is 106 cm³/mol. The van der Waals surface area contributed by atoms with Gasteiger partial charge in [0.25, 0.3) is 0 Å². The van der Waals surface area contributed by atoms with Crippen molar-refractivity contribution in [3.63, 3.8) is 0 Å². The molecule has 1 aliphatic rings. The van der Waals surface area contributed by atoms with Gasteiger partial charge in [-0.25, -0.2) is 4.98 Å². The number of carbonyl (C=O) groups excluding carboxylic acids is 1. The summed E-state index contributed by atoms with van der Waals surface area (Å²) in [6.45, 7) is 3.27. The number of imidazole rings is 1. The highest BCUT2D eigenvalue weighted by Gasteiger charge is 2.11. The molecule has 3 aromatic rings. The van der Waals surface area contributed by atoms with E-state index in [0.29, 0.717) is 5.56 Å². The average molecular weight is 412 g/mol. The molecule has 26 heavy (non-hydrogen) atoms. The minimum atomic E-state index is -0.0246. The van der Waals surface area contributed by atoms with Crippen LogP contribution < -0.4 is 4.90 Å². The van der Waals surface area contributed by atoms with E-state index in [-0.39, 0.29) is 5.78 Å². The number of pyridine rings is 1. The normalized spacial score (nSPS) is 15.0. The number of morpholine rings is 1. The summed E-state index contributed by atoms with van der Waals surface area (Å²) < 4.78 is 8.27. The van der Waals surface area contributed by atoms with Crippen LogP contribution in [0.25, 0.3) is 11.7 Å².